The molecule has 4 aromatic carbocycles. The molecule has 0 fully saturated rings. The number of hydrogen-bond acceptors (Lipinski definition) is 8. The van der Waals surface area contributed by atoms with Gasteiger partial charge in [-0.3, -0.25) is 19.2 Å². The SMILES string of the molecule is O=C1c2ccc(S(=O)(=O)c3ccc4c(c3)C(=O)N(c3cccc(O)c3)C4=O)cc2C(=O)N1c1cccc(O)c1. The first-order valence-electron chi connectivity index (χ1n) is 11.5. The molecule has 192 valence electrons. The van der Waals surface area contributed by atoms with Crippen LogP contribution in [0.25, 0.3) is 0 Å². The number of aromatic hydroxyl groups is 2. The van der Waals surface area contributed by atoms with Gasteiger partial charge in [-0.2, -0.15) is 0 Å². The maximum Gasteiger partial charge on any atom is 0.266 e. The number of anilines is 2. The number of hydrogen-bond donors (Lipinski definition) is 2. The highest BCUT2D eigenvalue weighted by molar-refractivity contribution is 7.91. The Hall–Kier alpha value is -5.29. The largest absolute Gasteiger partial charge is 0.508 e. The van der Waals surface area contributed by atoms with Gasteiger partial charge in [-0.05, 0) is 60.7 Å². The van der Waals surface area contributed by atoms with Gasteiger partial charge in [0.2, 0.25) is 9.84 Å². The third kappa shape index (κ3) is 3.59. The van der Waals surface area contributed by atoms with E-state index < -0.39 is 33.5 Å². The molecule has 39 heavy (non-hydrogen) atoms. The molecule has 0 atom stereocenters. The summed E-state index contributed by atoms with van der Waals surface area (Å²) in [6.45, 7) is 0. The zero-order valence-corrected chi connectivity index (χ0v) is 20.5. The van der Waals surface area contributed by atoms with Crippen LogP contribution in [0.2, 0.25) is 0 Å². The molecule has 4 aromatic rings. The fourth-order valence-corrected chi connectivity index (χ4v) is 5.96. The molecule has 0 bridgehead atoms. The van der Waals surface area contributed by atoms with Crippen molar-refractivity contribution in [3.05, 3.63) is 107 Å². The zero-order valence-electron chi connectivity index (χ0n) is 19.7. The molecule has 10 nitrogen and oxygen atoms in total. The first-order valence-corrected chi connectivity index (χ1v) is 12.9. The number of benzene rings is 4. The first-order chi connectivity index (χ1) is 18.6. The summed E-state index contributed by atoms with van der Waals surface area (Å²) in [5, 5.41) is 19.5. The average molecular weight is 541 g/mol. The Labute approximate surface area is 220 Å². The molecule has 2 heterocycles. The van der Waals surface area contributed by atoms with Crippen molar-refractivity contribution in [2.45, 2.75) is 9.79 Å². The molecule has 2 N–H and O–H groups in total. The summed E-state index contributed by atoms with van der Waals surface area (Å²) in [5.74, 6) is -3.15. The summed E-state index contributed by atoms with van der Waals surface area (Å²) in [6.07, 6.45) is 0. The Morgan fingerprint density at radius 1 is 0.487 bits per heavy atom. The summed E-state index contributed by atoms with van der Waals surface area (Å²) in [7, 11) is -4.29. The smallest absolute Gasteiger partial charge is 0.266 e. The van der Waals surface area contributed by atoms with Gasteiger partial charge < -0.3 is 10.2 Å². The molecule has 0 spiro atoms. The molecule has 0 aromatic heterocycles. The lowest BCUT2D eigenvalue weighted by atomic mass is 10.1. The second-order valence-electron chi connectivity index (χ2n) is 8.85. The predicted octanol–water partition coefficient (Wildman–Crippen LogP) is 3.53. The predicted molar refractivity (Wildman–Crippen MR) is 137 cm³/mol. The lowest BCUT2D eigenvalue weighted by Gasteiger charge is -2.13. The van der Waals surface area contributed by atoms with E-state index in [-0.39, 0.29) is 54.9 Å². The molecule has 11 heteroatoms. The number of sulfone groups is 1. The minimum absolute atomic E-state index is 0.00113. The molecule has 0 radical (unpaired) electrons. The van der Waals surface area contributed by atoms with Gasteiger partial charge in [0.05, 0.1) is 43.4 Å². The molecule has 2 aliphatic heterocycles. The van der Waals surface area contributed by atoms with Crippen molar-refractivity contribution in [2.24, 2.45) is 0 Å². The van der Waals surface area contributed by atoms with E-state index in [4.69, 9.17) is 0 Å². The summed E-state index contributed by atoms with van der Waals surface area (Å²) in [5.41, 5.74) is -0.0104. The van der Waals surface area contributed by atoms with Crippen LogP contribution in [-0.2, 0) is 9.84 Å². The van der Waals surface area contributed by atoms with Crippen molar-refractivity contribution in [3.63, 3.8) is 0 Å². The Morgan fingerprint density at radius 2 is 0.872 bits per heavy atom. The van der Waals surface area contributed by atoms with Crippen LogP contribution in [0.15, 0.2) is 94.7 Å². The highest BCUT2D eigenvalue weighted by Crippen LogP contribution is 2.35. The number of phenols is 2. The molecule has 0 saturated carbocycles. The topological polar surface area (TPSA) is 149 Å². The van der Waals surface area contributed by atoms with Crippen molar-refractivity contribution in [2.75, 3.05) is 9.80 Å². The molecule has 6 rings (SSSR count). The van der Waals surface area contributed by atoms with Crippen molar-refractivity contribution >= 4 is 44.8 Å². The first kappa shape index (κ1) is 24.1. The van der Waals surface area contributed by atoms with E-state index >= 15 is 0 Å². The number of amides is 4. The maximum absolute atomic E-state index is 13.5. The van der Waals surface area contributed by atoms with Gasteiger partial charge in [0, 0.05) is 12.1 Å². The Morgan fingerprint density at radius 3 is 1.26 bits per heavy atom. The van der Waals surface area contributed by atoms with Gasteiger partial charge in [0.15, 0.2) is 0 Å². The van der Waals surface area contributed by atoms with E-state index in [9.17, 15) is 37.8 Å². The van der Waals surface area contributed by atoms with E-state index in [2.05, 4.69) is 0 Å². The molecule has 0 saturated heterocycles. The number of nitrogens with zero attached hydrogens (tertiary/aromatic N) is 2. The molecule has 0 aliphatic carbocycles. The van der Waals surface area contributed by atoms with Crippen molar-refractivity contribution < 1.29 is 37.8 Å². The molecule has 4 amide bonds. The molecular weight excluding hydrogens is 524 g/mol. The second kappa shape index (κ2) is 8.36. The van der Waals surface area contributed by atoms with Crippen LogP contribution in [-0.4, -0.2) is 42.3 Å². The lowest BCUT2D eigenvalue weighted by Crippen LogP contribution is -2.29. The normalized spacial score (nSPS) is 14.7. The average Bonchev–Trinajstić information content (AvgIpc) is 3.32. The monoisotopic (exact) mass is 540 g/mol. The van der Waals surface area contributed by atoms with E-state index in [1.165, 1.54) is 72.8 Å². The van der Waals surface area contributed by atoms with Crippen LogP contribution in [0, 0.1) is 0 Å². The summed E-state index contributed by atoms with van der Waals surface area (Å²) in [4.78, 5) is 53.1. The van der Waals surface area contributed by atoms with Gasteiger partial charge >= 0.3 is 0 Å². The molecular formula is C28H16N2O8S. The van der Waals surface area contributed by atoms with Crippen LogP contribution in [0.5, 0.6) is 11.5 Å². The van der Waals surface area contributed by atoms with E-state index in [1.807, 2.05) is 0 Å². The van der Waals surface area contributed by atoms with E-state index in [0.717, 1.165) is 21.9 Å². The molecule has 2 aliphatic rings. The number of carbonyl (C=O) groups excluding carboxylic acids is 4. The van der Waals surface area contributed by atoms with Crippen molar-refractivity contribution in [3.8, 4) is 11.5 Å². The second-order valence-corrected chi connectivity index (χ2v) is 10.8. The minimum atomic E-state index is -4.29. The van der Waals surface area contributed by atoms with Gasteiger partial charge in [-0.1, -0.05) is 12.1 Å². The Balaban J connectivity index is 1.37. The Bertz CT molecular complexity index is 1770. The number of fused-ring (bicyclic) bond motifs is 2. The third-order valence-corrected chi connectivity index (χ3v) is 8.26. The lowest BCUT2D eigenvalue weighted by molar-refractivity contribution is 0.0910. The van der Waals surface area contributed by atoms with Crippen molar-refractivity contribution in [1.29, 1.82) is 0 Å². The van der Waals surface area contributed by atoms with Crippen LogP contribution in [0.3, 0.4) is 0 Å². The number of rotatable bonds is 4. The third-order valence-electron chi connectivity index (χ3n) is 6.51. The highest BCUT2D eigenvalue weighted by atomic mass is 32.2. The van der Waals surface area contributed by atoms with E-state index in [1.54, 1.807) is 0 Å². The quantitative estimate of drug-likeness (QED) is 0.374. The van der Waals surface area contributed by atoms with Crippen LogP contribution >= 0.6 is 0 Å². The fourth-order valence-electron chi connectivity index (χ4n) is 4.64. The number of carbonyl (C=O) groups is 4. The standard InChI is InChI=1S/C28H16N2O8S/c31-17-5-1-3-15(11-17)29-25(33)21-9-7-19(13-23(21)27(29)35)39(37,38)20-8-10-22-24(14-20)28(36)30(26(22)34)16-4-2-6-18(32)12-16/h1-14,31-32H. The number of imide groups is 2. The summed E-state index contributed by atoms with van der Waals surface area (Å²) < 4.78 is 27.0. The van der Waals surface area contributed by atoms with Crippen LogP contribution in [0.4, 0.5) is 11.4 Å². The maximum atomic E-state index is 13.5. The number of phenolic OH excluding ortho intramolecular Hbond substituents is 2. The zero-order chi connectivity index (χ0) is 27.6. The Kier molecular flexibility index (Phi) is 5.16. The van der Waals surface area contributed by atoms with Gasteiger partial charge in [-0.25, -0.2) is 18.2 Å². The minimum Gasteiger partial charge on any atom is -0.508 e. The van der Waals surface area contributed by atoms with Gasteiger partial charge in [-0.15, -0.1) is 0 Å². The van der Waals surface area contributed by atoms with Crippen molar-refractivity contribution in [1.82, 2.24) is 0 Å². The van der Waals surface area contributed by atoms with Gasteiger partial charge in [0.25, 0.3) is 23.6 Å². The fraction of sp³-hybridized carbons (Fsp3) is 0. The van der Waals surface area contributed by atoms with Crippen LogP contribution in [0.1, 0.15) is 41.4 Å². The summed E-state index contributed by atoms with van der Waals surface area (Å²) in [6, 6.07) is 18.1. The van der Waals surface area contributed by atoms with E-state index in [0.29, 0.717) is 0 Å². The highest BCUT2D eigenvalue weighted by Gasteiger charge is 2.40. The van der Waals surface area contributed by atoms with Gasteiger partial charge in [0.1, 0.15) is 11.5 Å². The molecule has 0 unspecified atom stereocenters. The summed E-state index contributed by atoms with van der Waals surface area (Å²) >= 11 is 0. The van der Waals surface area contributed by atoms with Crippen LogP contribution < -0.4 is 9.80 Å².